The minimum atomic E-state index is -0.470. The van der Waals surface area contributed by atoms with Crippen LogP contribution in [0.4, 0.5) is 10.5 Å². The normalized spacial score (nSPS) is 14.8. The van der Waals surface area contributed by atoms with Crippen molar-refractivity contribution in [3.05, 3.63) is 28.2 Å². The summed E-state index contributed by atoms with van der Waals surface area (Å²) in [5.41, 5.74) is 0.844. The van der Waals surface area contributed by atoms with Gasteiger partial charge in [-0.25, -0.2) is 14.7 Å². The number of esters is 1. The number of benzene rings is 1. The Morgan fingerprint density at radius 1 is 1.40 bits per heavy atom. The molecule has 108 valence electrons. The van der Waals surface area contributed by atoms with Gasteiger partial charge in [0.2, 0.25) is 0 Å². The van der Waals surface area contributed by atoms with E-state index in [0.29, 0.717) is 28.9 Å². The predicted octanol–water partition coefficient (Wildman–Crippen LogP) is 2.80. The molecule has 1 aromatic rings. The number of methoxy groups -OCH3 is 1. The Balaban J connectivity index is 2.12. The fourth-order valence-electron chi connectivity index (χ4n) is 1.83. The van der Waals surface area contributed by atoms with Crippen LogP contribution in [0, 0.1) is 0 Å². The number of hydroxylamine groups is 2. The number of nitrogens with one attached hydrogen (secondary N) is 1. The van der Waals surface area contributed by atoms with E-state index in [1.165, 1.54) is 12.2 Å². The molecule has 0 bridgehead atoms. The van der Waals surface area contributed by atoms with Crippen molar-refractivity contribution in [1.82, 2.24) is 5.06 Å². The first kappa shape index (κ1) is 14.8. The lowest BCUT2D eigenvalue weighted by molar-refractivity contribution is -0.135. The van der Waals surface area contributed by atoms with Gasteiger partial charge < -0.3 is 10.1 Å². The second kappa shape index (κ2) is 6.71. The lowest BCUT2D eigenvalue weighted by Crippen LogP contribution is -2.38. The summed E-state index contributed by atoms with van der Waals surface area (Å²) in [4.78, 5) is 28.9. The van der Waals surface area contributed by atoms with Crippen LogP contribution >= 0.6 is 15.9 Å². The number of anilines is 1. The molecule has 20 heavy (non-hydrogen) atoms. The molecule has 0 atom stereocenters. The Bertz CT molecular complexity index is 515. The summed E-state index contributed by atoms with van der Waals surface area (Å²) >= 11 is 3.30. The Labute approximate surface area is 125 Å². The number of nitrogens with zero attached hydrogens (tertiary/aromatic N) is 1. The molecule has 1 N–H and O–H groups in total. The highest BCUT2D eigenvalue weighted by Gasteiger charge is 2.20. The van der Waals surface area contributed by atoms with Gasteiger partial charge in [0.15, 0.2) is 0 Å². The number of rotatable bonds is 2. The van der Waals surface area contributed by atoms with Gasteiger partial charge in [0.05, 0.1) is 36.0 Å². The molecule has 1 aliphatic rings. The molecule has 2 rings (SSSR count). The third-order valence-electron chi connectivity index (χ3n) is 2.87. The molecule has 1 saturated heterocycles. The van der Waals surface area contributed by atoms with Crippen LogP contribution in [-0.2, 0) is 9.57 Å². The summed E-state index contributed by atoms with van der Waals surface area (Å²) in [6.07, 6.45) is 1.86. The fraction of sp³-hybridized carbons (Fsp3) is 0.385. The largest absolute Gasteiger partial charge is 0.465 e. The third kappa shape index (κ3) is 3.29. The Kier molecular flexibility index (Phi) is 4.97. The van der Waals surface area contributed by atoms with Gasteiger partial charge in [-0.2, -0.15) is 0 Å². The van der Waals surface area contributed by atoms with Gasteiger partial charge in [0, 0.05) is 0 Å². The number of urea groups is 1. The van der Waals surface area contributed by atoms with E-state index >= 15 is 0 Å². The predicted molar refractivity (Wildman–Crippen MR) is 76.4 cm³/mol. The van der Waals surface area contributed by atoms with Crippen LogP contribution in [0.5, 0.6) is 0 Å². The summed E-state index contributed by atoms with van der Waals surface area (Å²) in [6, 6.07) is 4.62. The van der Waals surface area contributed by atoms with Gasteiger partial charge in [-0.1, -0.05) is 6.07 Å². The maximum atomic E-state index is 12.0. The van der Waals surface area contributed by atoms with E-state index in [9.17, 15) is 9.59 Å². The molecule has 2 amide bonds. The van der Waals surface area contributed by atoms with Crippen molar-refractivity contribution in [2.45, 2.75) is 12.8 Å². The van der Waals surface area contributed by atoms with Crippen LogP contribution < -0.4 is 5.32 Å². The van der Waals surface area contributed by atoms with E-state index in [4.69, 9.17) is 4.84 Å². The molecule has 0 unspecified atom stereocenters. The van der Waals surface area contributed by atoms with Crippen LogP contribution in [-0.4, -0.2) is 37.3 Å². The van der Waals surface area contributed by atoms with E-state index in [-0.39, 0.29) is 6.03 Å². The zero-order valence-electron chi connectivity index (χ0n) is 11.0. The molecule has 1 fully saturated rings. The number of halogens is 1. The molecule has 0 aromatic heterocycles. The number of hydrogen-bond donors (Lipinski definition) is 1. The summed E-state index contributed by atoms with van der Waals surface area (Å²) in [5.74, 6) is -0.470. The van der Waals surface area contributed by atoms with Crippen molar-refractivity contribution >= 4 is 33.6 Å². The molecule has 1 aromatic carbocycles. The first-order valence-electron chi connectivity index (χ1n) is 6.21. The highest BCUT2D eigenvalue weighted by atomic mass is 79.9. The highest BCUT2D eigenvalue weighted by Crippen LogP contribution is 2.27. The smallest absolute Gasteiger partial charge is 0.345 e. The molecule has 6 nitrogen and oxygen atoms in total. The van der Waals surface area contributed by atoms with Crippen LogP contribution in [0.1, 0.15) is 23.2 Å². The number of hydrogen-bond acceptors (Lipinski definition) is 4. The van der Waals surface area contributed by atoms with Crippen LogP contribution in [0.2, 0.25) is 0 Å². The van der Waals surface area contributed by atoms with Gasteiger partial charge in [0.25, 0.3) is 0 Å². The van der Waals surface area contributed by atoms with Crippen molar-refractivity contribution in [3.63, 3.8) is 0 Å². The average molecular weight is 343 g/mol. The molecule has 1 aliphatic heterocycles. The summed E-state index contributed by atoms with van der Waals surface area (Å²) < 4.78 is 5.16. The molecular formula is C13H15BrN2O4. The molecule has 0 spiro atoms. The van der Waals surface area contributed by atoms with Crippen LogP contribution in [0.3, 0.4) is 0 Å². The number of carbonyl (C=O) groups is 2. The van der Waals surface area contributed by atoms with Crippen LogP contribution in [0.25, 0.3) is 0 Å². The summed E-state index contributed by atoms with van der Waals surface area (Å²) in [7, 11) is 1.31. The van der Waals surface area contributed by atoms with E-state index in [1.807, 2.05) is 0 Å². The first-order chi connectivity index (χ1) is 9.63. The third-order valence-corrected chi connectivity index (χ3v) is 3.73. The molecule has 1 heterocycles. The zero-order chi connectivity index (χ0) is 14.5. The van der Waals surface area contributed by atoms with Crippen molar-refractivity contribution in [2.75, 3.05) is 25.6 Å². The number of ether oxygens (including phenoxy) is 1. The number of amides is 2. The second-order valence-electron chi connectivity index (χ2n) is 4.23. The molecular weight excluding hydrogens is 328 g/mol. The number of carbonyl (C=O) groups excluding carboxylic acids is 2. The Morgan fingerprint density at radius 2 is 2.20 bits per heavy atom. The maximum Gasteiger partial charge on any atom is 0.345 e. The zero-order valence-corrected chi connectivity index (χ0v) is 12.6. The average Bonchev–Trinajstić information content (AvgIpc) is 2.49. The van der Waals surface area contributed by atoms with E-state index < -0.39 is 5.97 Å². The molecule has 0 saturated carbocycles. The van der Waals surface area contributed by atoms with E-state index in [0.717, 1.165) is 12.8 Å². The SMILES string of the molecule is COC(=O)c1cccc(NC(=O)N2CCCCO2)c1Br. The lowest BCUT2D eigenvalue weighted by Gasteiger charge is -2.26. The second-order valence-corrected chi connectivity index (χ2v) is 5.02. The van der Waals surface area contributed by atoms with Crippen molar-refractivity contribution in [3.8, 4) is 0 Å². The van der Waals surface area contributed by atoms with Crippen molar-refractivity contribution in [2.24, 2.45) is 0 Å². The monoisotopic (exact) mass is 342 g/mol. The quantitative estimate of drug-likeness (QED) is 0.839. The Hall–Kier alpha value is -1.60. The van der Waals surface area contributed by atoms with Gasteiger partial charge >= 0.3 is 12.0 Å². The summed E-state index contributed by atoms with van der Waals surface area (Å²) in [6.45, 7) is 1.09. The van der Waals surface area contributed by atoms with E-state index in [2.05, 4.69) is 26.0 Å². The van der Waals surface area contributed by atoms with Gasteiger partial charge in [-0.15, -0.1) is 0 Å². The molecule has 0 aliphatic carbocycles. The topological polar surface area (TPSA) is 67.9 Å². The summed E-state index contributed by atoms with van der Waals surface area (Å²) in [5, 5.41) is 4.00. The fourth-order valence-corrected chi connectivity index (χ4v) is 2.36. The minimum absolute atomic E-state index is 0.352. The van der Waals surface area contributed by atoms with E-state index in [1.54, 1.807) is 18.2 Å². The first-order valence-corrected chi connectivity index (χ1v) is 7.01. The molecule has 0 radical (unpaired) electrons. The van der Waals surface area contributed by atoms with Crippen LogP contribution in [0.15, 0.2) is 22.7 Å². The Morgan fingerprint density at radius 3 is 2.85 bits per heavy atom. The van der Waals surface area contributed by atoms with Gasteiger partial charge in [0.1, 0.15) is 0 Å². The standard InChI is InChI=1S/C13H15BrN2O4/c1-19-12(17)9-5-4-6-10(11(9)14)15-13(18)16-7-2-3-8-20-16/h4-6H,2-3,7-8H2,1H3,(H,15,18). The van der Waals surface area contributed by atoms with Crippen molar-refractivity contribution in [1.29, 1.82) is 0 Å². The minimum Gasteiger partial charge on any atom is -0.465 e. The van der Waals surface area contributed by atoms with Gasteiger partial charge in [-0.3, -0.25) is 4.84 Å². The maximum absolute atomic E-state index is 12.0. The molecule has 7 heteroatoms. The van der Waals surface area contributed by atoms with Crippen molar-refractivity contribution < 1.29 is 19.2 Å². The van der Waals surface area contributed by atoms with Gasteiger partial charge in [-0.05, 0) is 40.9 Å². The lowest BCUT2D eigenvalue weighted by atomic mass is 10.2. The highest BCUT2D eigenvalue weighted by molar-refractivity contribution is 9.10.